The van der Waals surface area contributed by atoms with E-state index >= 15 is 0 Å². The van der Waals surface area contributed by atoms with Gasteiger partial charge in [-0.25, -0.2) is 0 Å². The lowest BCUT2D eigenvalue weighted by Gasteiger charge is -2.21. The summed E-state index contributed by atoms with van der Waals surface area (Å²) in [5.74, 6) is 0. The molecule has 0 aromatic heterocycles. The maximum Gasteiger partial charge on any atom is 0.00640 e. The molecule has 1 aromatic rings. The van der Waals surface area contributed by atoms with E-state index in [0.717, 1.165) is 0 Å². The molecule has 0 heterocycles. The van der Waals surface area contributed by atoms with E-state index in [-0.39, 0.29) is 17.8 Å². The van der Waals surface area contributed by atoms with Gasteiger partial charge in [0.2, 0.25) is 0 Å². The summed E-state index contributed by atoms with van der Waals surface area (Å²) in [7, 11) is 4.29. The van der Waals surface area contributed by atoms with Crippen LogP contribution in [-0.2, 0) is 11.8 Å². The summed E-state index contributed by atoms with van der Waals surface area (Å²) in [5.41, 5.74) is 3.13. The van der Waals surface area contributed by atoms with Crippen LogP contribution >= 0.6 is 12.4 Å². The minimum absolute atomic E-state index is 0. The molecule has 104 valence electrons. The zero-order chi connectivity index (χ0) is 13.1. The maximum absolute atomic E-state index is 2.28. The molecule has 0 N–H and O–H groups in total. The van der Waals surface area contributed by atoms with Crippen molar-refractivity contribution in [2.24, 2.45) is 0 Å². The quantitative estimate of drug-likeness (QED) is 0.788. The minimum atomic E-state index is 0. The van der Waals surface area contributed by atoms with Gasteiger partial charge in [0.1, 0.15) is 0 Å². The number of nitrogens with zero attached hydrogens (tertiary/aromatic N) is 1. The smallest absolute Gasteiger partial charge is 0.00640 e. The highest BCUT2D eigenvalue weighted by atomic mass is 35.5. The Morgan fingerprint density at radius 2 is 1.56 bits per heavy atom. The van der Waals surface area contributed by atoms with E-state index < -0.39 is 0 Å². The van der Waals surface area contributed by atoms with Crippen LogP contribution in [0.25, 0.3) is 0 Å². The Kier molecular flexibility index (Phi) is 6.94. The van der Waals surface area contributed by atoms with E-state index in [4.69, 9.17) is 0 Å². The summed E-state index contributed by atoms with van der Waals surface area (Å²) in [6.45, 7) is 9.06. The molecule has 0 saturated carbocycles. The van der Waals surface area contributed by atoms with Crippen molar-refractivity contribution in [2.45, 2.75) is 52.0 Å². The predicted octanol–water partition coefficient (Wildman–Crippen LogP) is 4.29. The van der Waals surface area contributed by atoms with E-state index in [2.05, 4.69) is 71.0 Å². The lowest BCUT2D eigenvalue weighted by molar-refractivity contribution is 0.299. The number of hydrogen-bond donors (Lipinski definition) is 0. The van der Waals surface area contributed by atoms with E-state index in [0.29, 0.717) is 6.04 Å². The summed E-state index contributed by atoms with van der Waals surface area (Å²) >= 11 is 0. The van der Waals surface area contributed by atoms with Crippen LogP contribution in [0.5, 0.6) is 0 Å². The Hall–Kier alpha value is -0.530. The molecule has 0 bridgehead atoms. The van der Waals surface area contributed by atoms with Crippen molar-refractivity contribution in [2.75, 3.05) is 14.1 Å². The first-order valence-electron chi connectivity index (χ1n) is 6.56. The minimum Gasteiger partial charge on any atom is -0.307 e. The maximum atomic E-state index is 2.28. The molecule has 2 heteroatoms. The van der Waals surface area contributed by atoms with Crippen molar-refractivity contribution in [3.8, 4) is 0 Å². The molecule has 1 rings (SSSR count). The third-order valence-electron chi connectivity index (χ3n) is 3.55. The topological polar surface area (TPSA) is 3.24 Å². The fraction of sp³-hybridized carbons (Fsp3) is 0.625. The molecule has 0 aliphatic heterocycles. The molecular formula is C16H28ClN. The molecule has 1 unspecified atom stereocenters. The summed E-state index contributed by atoms with van der Waals surface area (Å²) in [5, 5.41) is 0. The Labute approximate surface area is 119 Å². The van der Waals surface area contributed by atoms with E-state index in [1.54, 1.807) is 0 Å². The molecule has 0 aliphatic rings. The second-order valence-corrected chi connectivity index (χ2v) is 6.30. The van der Waals surface area contributed by atoms with Gasteiger partial charge in [-0.05, 0) is 50.4 Å². The number of halogens is 1. The van der Waals surface area contributed by atoms with Crippen LogP contribution in [0.2, 0.25) is 0 Å². The number of benzene rings is 1. The lowest BCUT2D eigenvalue weighted by Crippen LogP contribution is -2.24. The molecule has 0 fully saturated rings. The van der Waals surface area contributed by atoms with Crippen LogP contribution in [0.3, 0.4) is 0 Å². The largest absolute Gasteiger partial charge is 0.307 e. The van der Waals surface area contributed by atoms with E-state index in [9.17, 15) is 0 Å². The molecule has 18 heavy (non-hydrogen) atoms. The summed E-state index contributed by atoms with van der Waals surface area (Å²) < 4.78 is 0. The first-order valence-corrected chi connectivity index (χ1v) is 6.56. The molecule has 1 atom stereocenters. The molecule has 0 saturated heterocycles. The lowest BCUT2D eigenvalue weighted by atomic mass is 9.86. The molecule has 0 amide bonds. The third kappa shape index (κ3) is 5.41. The first-order chi connectivity index (χ1) is 7.80. The van der Waals surface area contributed by atoms with Gasteiger partial charge in [-0.3, -0.25) is 0 Å². The van der Waals surface area contributed by atoms with Gasteiger partial charge >= 0.3 is 0 Å². The van der Waals surface area contributed by atoms with Crippen molar-refractivity contribution in [3.05, 3.63) is 35.4 Å². The average Bonchev–Trinajstić information content (AvgIpc) is 2.25. The van der Waals surface area contributed by atoms with Crippen molar-refractivity contribution >= 4 is 12.4 Å². The van der Waals surface area contributed by atoms with Crippen molar-refractivity contribution < 1.29 is 0 Å². The highest BCUT2D eigenvalue weighted by molar-refractivity contribution is 5.85. The summed E-state index contributed by atoms with van der Waals surface area (Å²) in [4.78, 5) is 2.28. The van der Waals surface area contributed by atoms with Gasteiger partial charge < -0.3 is 4.90 Å². The Balaban J connectivity index is 0.00000289. The number of rotatable bonds is 4. The predicted molar refractivity (Wildman–Crippen MR) is 83.9 cm³/mol. The highest BCUT2D eigenvalue weighted by Crippen LogP contribution is 2.22. The van der Waals surface area contributed by atoms with Crippen molar-refractivity contribution in [1.29, 1.82) is 0 Å². The van der Waals surface area contributed by atoms with Gasteiger partial charge in [-0.15, -0.1) is 12.4 Å². The number of aryl methyl sites for hydroxylation is 1. The second kappa shape index (κ2) is 7.16. The molecule has 0 aliphatic carbocycles. The Morgan fingerprint density at radius 1 is 1.06 bits per heavy atom. The fourth-order valence-electron chi connectivity index (χ4n) is 1.81. The van der Waals surface area contributed by atoms with Crippen LogP contribution in [0.1, 0.15) is 45.2 Å². The molecule has 1 aromatic carbocycles. The van der Waals surface area contributed by atoms with Crippen LogP contribution < -0.4 is 0 Å². The van der Waals surface area contributed by atoms with Crippen LogP contribution in [0.4, 0.5) is 0 Å². The zero-order valence-corrected chi connectivity index (χ0v) is 13.5. The average molecular weight is 270 g/mol. The van der Waals surface area contributed by atoms with Crippen LogP contribution in [-0.4, -0.2) is 25.0 Å². The van der Waals surface area contributed by atoms with Gasteiger partial charge in [0.05, 0.1) is 0 Å². The first kappa shape index (κ1) is 17.5. The monoisotopic (exact) mass is 269 g/mol. The standard InChI is InChI=1S/C16H27N.ClH/c1-13(17(5)6)7-8-14-9-11-15(12-10-14)16(2,3)4;/h9-13H,7-8H2,1-6H3;1H. The molecule has 0 radical (unpaired) electrons. The van der Waals surface area contributed by atoms with Gasteiger partial charge in [-0.2, -0.15) is 0 Å². The van der Waals surface area contributed by atoms with Crippen LogP contribution in [0.15, 0.2) is 24.3 Å². The Morgan fingerprint density at radius 3 is 1.94 bits per heavy atom. The SMILES string of the molecule is CC(CCc1ccc(C(C)(C)C)cc1)N(C)C.Cl. The van der Waals surface area contributed by atoms with Gasteiger partial charge in [0.15, 0.2) is 0 Å². The van der Waals surface area contributed by atoms with Crippen molar-refractivity contribution in [3.63, 3.8) is 0 Å². The summed E-state index contributed by atoms with van der Waals surface area (Å²) in [6.07, 6.45) is 2.39. The van der Waals surface area contributed by atoms with E-state index in [1.165, 1.54) is 24.0 Å². The molecule has 1 nitrogen and oxygen atoms in total. The molecular weight excluding hydrogens is 242 g/mol. The Bertz CT molecular complexity index is 335. The second-order valence-electron chi connectivity index (χ2n) is 6.30. The van der Waals surface area contributed by atoms with Gasteiger partial charge in [0.25, 0.3) is 0 Å². The van der Waals surface area contributed by atoms with Gasteiger partial charge in [0, 0.05) is 6.04 Å². The fourth-order valence-corrected chi connectivity index (χ4v) is 1.81. The van der Waals surface area contributed by atoms with Crippen LogP contribution in [0, 0.1) is 0 Å². The van der Waals surface area contributed by atoms with E-state index in [1.807, 2.05) is 0 Å². The van der Waals surface area contributed by atoms with Gasteiger partial charge in [-0.1, -0.05) is 45.0 Å². The normalized spacial score (nSPS) is 13.3. The zero-order valence-electron chi connectivity index (χ0n) is 12.7. The number of hydrogen-bond acceptors (Lipinski definition) is 1. The molecule has 0 spiro atoms. The highest BCUT2D eigenvalue weighted by Gasteiger charge is 2.13. The summed E-state index contributed by atoms with van der Waals surface area (Å²) in [6, 6.07) is 9.76. The van der Waals surface area contributed by atoms with Crippen molar-refractivity contribution in [1.82, 2.24) is 4.90 Å². The third-order valence-corrected chi connectivity index (χ3v) is 3.55.